The van der Waals surface area contributed by atoms with E-state index >= 15 is 0 Å². The van der Waals surface area contributed by atoms with Crippen LogP contribution in [-0.2, 0) is 11.8 Å². The van der Waals surface area contributed by atoms with Gasteiger partial charge in [-0.05, 0) is 37.8 Å². The fraction of sp³-hybridized carbons (Fsp3) is 0.524. The fourth-order valence-corrected chi connectivity index (χ4v) is 4.40. The van der Waals surface area contributed by atoms with Gasteiger partial charge in [0.2, 0.25) is 5.91 Å². The van der Waals surface area contributed by atoms with E-state index in [0.29, 0.717) is 28.2 Å². The van der Waals surface area contributed by atoms with E-state index in [1.54, 1.807) is 12.1 Å². The molecule has 0 radical (unpaired) electrons. The summed E-state index contributed by atoms with van der Waals surface area (Å²) in [6.07, 6.45) is 4.67. The number of nitrogens with one attached hydrogen (secondary N) is 2. The van der Waals surface area contributed by atoms with Crippen molar-refractivity contribution in [1.29, 1.82) is 0 Å². The van der Waals surface area contributed by atoms with Crippen LogP contribution in [0.4, 0.5) is 0 Å². The van der Waals surface area contributed by atoms with Gasteiger partial charge in [-0.25, -0.2) is 0 Å². The van der Waals surface area contributed by atoms with Crippen molar-refractivity contribution in [2.45, 2.75) is 56.8 Å². The number of hydrogen-bond acceptors (Lipinski definition) is 5. The molecule has 0 spiro atoms. The molecule has 7 nitrogen and oxygen atoms in total. The van der Waals surface area contributed by atoms with Crippen LogP contribution in [0.2, 0.25) is 0 Å². The van der Waals surface area contributed by atoms with Crippen molar-refractivity contribution in [3.63, 3.8) is 0 Å². The summed E-state index contributed by atoms with van der Waals surface area (Å²) < 4.78 is 1.83. The standard InChI is InChI=1S/C21H29N5O2S/c1-14-9-7-8-12-17(14)23-18(27)13-29-21-25-24-19(26(21)3)15(2)22-20(28)16-10-5-4-6-11-16/h4-6,10-11,14-15,17H,7-9,12-13H2,1-3H3,(H,22,28)(H,23,27)/t14-,15-,17-/m1/s1. The van der Waals surface area contributed by atoms with Gasteiger partial charge in [-0.3, -0.25) is 9.59 Å². The van der Waals surface area contributed by atoms with Crippen LogP contribution in [0.5, 0.6) is 0 Å². The van der Waals surface area contributed by atoms with Crippen molar-refractivity contribution in [1.82, 2.24) is 25.4 Å². The van der Waals surface area contributed by atoms with Crippen LogP contribution in [0.25, 0.3) is 0 Å². The Morgan fingerprint density at radius 3 is 2.66 bits per heavy atom. The van der Waals surface area contributed by atoms with Crippen LogP contribution in [0.15, 0.2) is 35.5 Å². The van der Waals surface area contributed by atoms with E-state index in [9.17, 15) is 9.59 Å². The number of hydrogen-bond donors (Lipinski definition) is 2. The van der Waals surface area contributed by atoms with Crippen molar-refractivity contribution in [3.05, 3.63) is 41.7 Å². The highest BCUT2D eigenvalue weighted by Crippen LogP contribution is 2.24. The molecule has 0 saturated heterocycles. The van der Waals surface area contributed by atoms with Crippen LogP contribution in [-0.4, -0.2) is 38.4 Å². The number of rotatable bonds is 7. The monoisotopic (exact) mass is 415 g/mol. The maximum Gasteiger partial charge on any atom is 0.251 e. The van der Waals surface area contributed by atoms with Crippen LogP contribution < -0.4 is 10.6 Å². The summed E-state index contributed by atoms with van der Waals surface area (Å²) in [5, 5.41) is 15.2. The second-order valence-electron chi connectivity index (χ2n) is 7.69. The molecule has 1 aromatic heterocycles. The summed E-state index contributed by atoms with van der Waals surface area (Å²) in [6, 6.07) is 9.05. The molecule has 0 bridgehead atoms. The van der Waals surface area contributed by atoms with Gasteiger partial charge in [0.15, 0.2) is 11.0 Å². The molecule has 1 aliphatic rings. The number of amides is 2. The Balaban J connectivity index is 1.53. The average Bonchev–Trinajstić information content (AvgIpc) is 3.09. The lowest BCUT2D eigenvalue weighted by molar-refractivity contribution is -0.119. The Morgan fingerprint density at radius 1 is 1.21 bits per heavy atom. The minimum Gasteiger partial charge on any atom is -0.352 e. The van der Waals surface area contributed by atoms with Gasteiger partial charge < -0.3 is 15.2 Å². The molecule has 0 unspecified atom stereocenters. The van der Waals surface area contributed by atoms with Crippen molar-refractivity contribution < 1.29 is 9.59 Å². The largest absolute Gasteiger partial charge is 0.352 e. The normalized spacial score (nSPS) is 20.1. The van der Waals surface area contributed by atoms with Gasteiger partial charge in [-0.15, -0.1) is 10.2 Å². The summed E-state index contributed by atoms with van der Waals surface area (Å²) in [4.78, 5) is 24.7. The summed E-state index contributed by atoms with van der Waals surface area (Å²) in [7, 11) is 1.85. The second kappa shape index (κ2) is 9.91. The van der Waals surface area contributed by atoms with Crippen molar-refractivity contribution in [2.75, 3.05) is 5.75 Å². The molecule has 1 aliphatic carbocycles. The smallest absolute Gasteiger partial charge is 0.251 e. The van der Waals surface area contributed by atoms with E-state index in [1.165, 1.54) is 31.0 Å². The molecule has 29 heavy (non-hydrogen) atoms. The van der Waals surface area contributed by atoms with E-state index in [1.807, 2.05) is 36.7 Å². The van der Waals surface area contributed by atoms with Crippen LogP contribution in [0.3, 0.4) is 0 Å². The van der Waals surface area contributed by atoms with Crippen LogP contribution in [0, 0.1) is 5.92 Å². The lowest BCUT2D eigenvalue weighted by Gasteiger charge is -2.29. The van der Waals surface area contributed by atoms with Crippen LogP contribution in [0.1, 0.15) is 61.8 Å². The average molecular weight is 416 g/mol. The number of carbonyl (C=O) groups is 2. The van der Waals surface area contributed by atoms with E-state index in [4.69, 9.17) is 0 Å². The Kier molecular flexibility index (Phi) is 7.30. The maximum atomic E-state index is 12.4. The zero-order chi connectivity index (χ0) is 20.8. The molecule has 2 amide bonds. The summed E-state index contributed by atoms with van der Waals surface area (Å²) in [5.41, 5.74) is 0.602. The molecular weight excluding hydrogens is 386 g/mol. The number of aromatic nitrogens is 3. The summed E-state index contributed by atoms with van der Waals surface area (Å²) >= 11 is 1.36. The molecule has 8 heteroatoms. The zero-order valence-corrected chi connectivity index (χ0v) is 18.0. The molecule has 1 fully saturated rings. The van der Waals surface area contributed by atoms with E-state index in [-0.39, 0.29) is 23.9 Å². The predicted octanol–water partition coefficient (Wildman–Crippen LogP) is 3.09. The molecule has 156 valence electrons. The molecule has 1 heterocycles. The third kappa shape index (κ3) is 5.59. The van der Waals surface area contributed by atoms with E-state index in [2.05, 4.69) is 27.8 Å². The highest BCUT2D eigenvalue weighted by molar-refractivity contribution is 7.99. The van der Waals surface area contributed by atoms with Crippen molar-refractivity contribution in [3.8, 4) is 0 Å². The topological polar surface area (TPSA) is 88.9 Å². The van der Waals surface area contributed by atoms with E-state index in [0.717, 1.165) is 6.42 Å². The minimum absolute atomic E-state index is 0.0312. The van der Waals surface area contributed by atoms with Gasteiger partial charge in [0.1, 0.15) is 0 Å². The molecule has 0 aliphatic heterocycles. The second-order valence-corrected chi connectivity index (χ2v) is 8.63. The maximum absolute atomic E-state index is 12.4. The molecule has 2 N–H and O–H groups in total. The predicted molar refractivity (Wildman–Crippen MR) is 114 cm³/mol. The number of nitrogens with zero attached hydrogens (tertiary/aromatic N) is 3. The van der Waals surface area contributed by atoms with Gasteiger partial charge in [-0.2, -0.15) is 0 Å². The summed E-state index contributed by atoms with van der Waals surface area (Å²) in [5.74, 6) is 1.37. The SMILES string of the molecule is C[C@@H]1CCCC[C@H]1NC(=O)CSc1nnc([C@@H](C)NC(=O)c2ccccc2)n1C. The quantitative estimate of drug-likeness (QED) is 0.679. The molecule has 3 rings (SSSR count). The Morgan fingerprint density at radius 2 is 1.93 bits per heavy atom. The zero-order valence-electron chi connectivity index (χ0n) is 17.2. The van der Waals surface area contributed by atoms with Gasteiger partial charge in [0.05, 0.1) is 11.8 Å². The van der Waals surface area contributed by atoms with Gasteiger partial charge in [0, 0.05) is 18.7 Å². The van der Waals surface area contributed by atoms with Crippen LogP contribution >= 0.6 is 11.8 Å². The lowest BCUT2D eigenvalue weighted by atomic mass is 9.86. The number of carbonyl (C=O) groups excluding carboxylic acids is 2. The minimum atomic E-state index is -0.300. The highest BCUT2D eigenvalue weighted by Gasteiger charge is 2.23. The number of thioether (sulfide) groups is 1. The Hall–Kier alpha value is -2.35. The molecular formula is C21H29N5O2S. The lowest BCUT2D eigenvalue weighted by Crippen LogP contribution is -2.41. The highest BCUT2D eigenvalue weighted by atomic mass is 32.2. The molecule has 3 atom stereocenters. The van der Waals surface area contributed by atoms with Crippen molar-refractivity contribution in [2.24, 2.45) is 13.0 Å². The first-order valence-electron chi connectivity index (χ1n) is 10.1. The van der Waals surface area contributed by atoms with Gasteiger partial charge >= 0.3 is 0 Å². The third-order valence-corrected chi connectivity index (χ3v) is 6.45. The summed E-state index contributed by atoms with van der Waals surface area (Å²) in [6.45, 7) is 4.08. The Labute approximate surface area is 176 Å². The molecule has 1 aromatic carbocycles. The third-order valence-electron chi connectivity index (χ3n) is 5.43. The van der Waals surface area contributed by atoms with Crippen molar-refractivity contribution >= 4 is 23.6 Å². The van der Waals surface area contributed by atoms with Gasteiger partial charge in [0.25, 0.3) is 5.91 Å². The Bertz CT molecular complexity index is 839. The van der Waals surface area contributed by atoms with Gasteiger partial charge in [-0.1, -0.05) is 49.7 Å². The number of benzene rings is 1. The first-order chi connectivity index (χ1) is 14.0. The molecule has 2 aromatic rings. The molecule has 1 saturated carbocycles. The first-order valence-corrected chi connectivity index (χ1v) is 11.1. The first kappa shape index (κ1) is 21.4. The fourth-order valence-electron chi connectivity index (χ4n) is 3.67. The van der Waals surface area contributed by atoms with E-state index < -0.39 is 0 Å².